The van der Waals surface area contributed by atoms with E-state index in [1.165, 1.54) is 6.42 Å². The second-order valence-corrected chi connectivity index (χ2v) is 8.13. The molecule has 5 heteroatoms. The van der Waals surface area contributed by atoms with Crippen LogP contribution in [0.5, 0.6) is 5.75 Å². The van der Waals surface area contributed by atoms with Crippen LogP contribution in [0.15, 0.2) is 65.3 Å². The van der Waals surface area contributed by atoms with Crippen LogP contribution in [0.4, 0.5) is 0 Å². The monoisotopic (exact) mass is 404 g/mol. The largest absolute Gasteiger partial charge is 0.489 e. The second-order valence-electron chi connectivity index (χ2n) is 8.13. The molecule has 4 rings (SSSR count). The first-order chi connectivity index (χ1) is 14.6. The number of amides is 1. The predicted molar refractivity (Wildman–Crippen MR) is 115 cm³/mol. The summed E-state index contributed by atoms with van der Waals surface area (Å²) in [4.78, 5) is 16.4. The van der Waals surface area contributed by atoms with E-state index in [1.807, 2.05) is 49.4 Å². The van der Waals surface area contributed by atoms with E-state index in [2.05, 4.69) is 23.3 Å². The van der Waals surface area contributed by atoms with E-state index in [4.69, 9.17) is 9.15 Å². The van der Waals surface area contributed by atoms with Crippen molar-refractivity contribution in [2.24, 2.45) is 5.92 Å². The lowest BCUT2D eigenvalue weighted by Crippen LogP contribution is -2.26. The summed E-state index contributed by atoms with van der Waals surface area (Å²) in [7, 11) is 0. The van der Waals surface area contributed by atoms with E-state index in [1.54, 1.807) is 12.4 Å². The lowest BCUT2D eigenvalue weighted by atomic mass is 10.1. The van der Waals surface area contributed by atoms with Gasteiger partial charge in [-0.1, -0.05) is 25.1 Å². The highest BCUT2D eigenvalue weighted by Gasteiger charge is 2.36. The van der Waals surface area contributed by atoms with Gasteiger partial charge in [0.25, 0.3) is 0 Å². The van der Waals surface area contributed by atoms with Crippen molar-refractivity contribution in [3.63, 3.8) is 0 Å². The van der Waals surface area contributed by atoms with Crippen LogP contribution in [-0.2, 0) is 17.8 Å². The van der Waals surface area contributed by atoms with Gasteiger partial charge in [0, 0.05) is 36.7 Å². The maximum absolute atomic E-state index is 12.3. The van der Waals surface area contributed by atoms with E-state index in [0.717, 1.165) is 34.3 Å². The normalized spacial score (nSPS) is 18.6. The zero-order valence-electron chi connectivity index (χ0n) is 17.5. The number of furan rings is 1. The van der Waals surface area contributed by atoms with E-state index in [9.17, 15) is 4.79 Å². The minimum atomic E-state index is -0.0654. The Morgan fingerprint density at radius 1 is 1.23 bits per heavy atom. The Morgan fingerprint density at radius 3 is 2.73 bits per heavy atom. The molecule has 0 saturated heterocycles. The summed E-state index contributed by atoms with van der Waals surface area (Å²) in [6.45, 7) is 4.71. The number of carbonyl (C=O) groups is 1. The SMILES string of the molecule is CC(NC(=O)CCc1ccc(C2CC2C)o1)c1ccc(OCc2cccnc2)cc1. The number of ether oxygens (including phenoxy) is 1. The van der Waals surface area contributed by atoms with Crippen LogP contribution in [0.2, 0.25) is 0 Å². The Morgan fingerprint density at radius 2 is 2.03 bits per heavy atom. The average molecular weight is 405 g/mol. The van der Waals surface area contributed by atoms with Crippen molar-refractivity contribution in [3.05, 3.63) is 83.6 Å². The summed E-state index contributed by atoms with van der Waals surface area (Å²) in [5.74, 6) is 4.07. The van der Waals surface area contributed by atoms with Gasteiger partial charge in [0.2, 0.25) is 5.91 Å². The molecule has 0 spiro atoms. The van der Waals surface area contributed by atoms with Gasteiger partial charge in [0.15, 0.2) is 0 Å². The molecule has 1 aliphatic carbocycles. The molecular weight excluding hydrogens is 376 g/mol. The van der Waals surface area contributed by atoms with Crippen LogP contribution in [0.25, 0.3) is 0 Å². The average Bonchev–Trinajstić information content (AvgIpc) is 3.31. The zero-order chi connectivity index (χ0) is 20.9. The quantitative estimate of drug-likeness (QED) is 0.533. The Kier molecular flexibility index (Phi) is 6.17. The predicted octanol–water partition coefficient (Wildman–Crippen LogP) is 5.19. The maximum atomic E-state index is 12.3. The Hall–Kier alpha value is -3.08. The minimum absolute atomic E-state index is 0.0251. The fourth-order valence-corrected chi connectivity index (χ4v) is 3.58. The third-order valence-corrected chi connectivity index (χ3v) is 5.64. The van der Waals surface area contributed by atoms with Crippen molar-refractivity contribution < 1.29 is 13.9 Å². The van der Waals surface area contributed by atoms with E-state index in [0.29, 0.717) is 25.4 Å². The van der Waals surface area contributed by atoms with Gasteiger partial charge in [-0.15, -0.1) is 0 Å². The van der Waals surface area contributed by atoms with Gasteiger partial charge in [-0.25, -0.2) is 0 Å². The molecule has 156 valence electrons. The van der Waals surface area contributed by atoms with Crippen LogP contribution < -0.4 is 10.1 Å². The van der Waals surface area contributed by atoms with Gasteiger partial charge in [0.1, 0.15) is 23.9 Å². The summed E-state index contributed by atoms with van der Waals surface area (Å²) in [6, 6.07) is 15.7. The van der Waals surface area contributed by atoms with E-state index >= 15 is 0 Å². The third-order valence-electron chi connectivity index (χ3n) is 5.64. The van der Waals surface area contributed by atoms with Crippen molar-refractivity contribution in [1.29, 1.82) is 0 Å². The molecule has 2 aromatic heterocycles. The number of rotatable bonds is 9. The van der Waals surface area contributed by atoms with Crippen LogP contribution in [-0.4, -0.2) is 10.9 Å². The number of pyridine rings is 1. The second kappa shape index (κ2) is 9.16. The molecule has 3 unspecified atom stereocenters. The number of nitrogens with one attached hydrogen (secondary N) is 1. The fraction of sp³-hybridized carbons (Fsp3) is 0.360. The molecule has 1 saturated carbocycles. The molecule has 0 radical (unpaired) electrons. The Bertz CT molecular complexity index is 966. The number of hydrogen-bond donors (Lipinski definition) is 1. The number of aromatic nitrogens is 1. The van der Waals surface area contributed by atoms with Gasteiger partial charge in [-0.2, -0.15) is 0 Å². The molecule has 2 heterocycles. The highest BCUT2D eigenvalue weighted by atomic mass is 16.5. The highest BCUT2D eigenvalue weighted by molar-refractivity contribution is 5.76. The van der Waals surface area contributed by atoms with Crippen LogP contribution in [0.1, 0.15) is 61.3 Å². The van der Waals surface area contributed by atoms with Gasteiger partial charge in [-0.3, -0.25) is 9.78 Å². The molecule has 5 nitrogen and oxygen atoms in total. The van der Waals surface area contributed by atoms with Gasteiger partial charge in [-0.05, 0) is 55.2 Å². The molecule has 1 fully saturated rings. The van der Waals surface area contributed by atoms with Gasteiger partial charge in [0.05, 0.1) is 6.04 Å². The number of carbonyl (C=O) groups excluding carboxylic acids is 1. The zero-order valence-corrected chi connectivity index (χ0v) is 17.5. The number of nitrogens with zero attached hydrogens (tertiary/aromatic N) is 1. The molecule has 3 atom stereocenters. The first kappa shape index (κ1) is 20.2. The summed E-state index contributed by atoms with van der Waals surface area (Å²) in [5, 5.41) is 3.06. The molecular formula is C25H28N2O3. The molecule has 30 heavy (non-hydrogen) atoms. The van der Waals surface area contributed by atoms with Crippen LogP contribution in [0, 0.1) is 5.92 Å². The summed E-state index contributed by atoms with van der Waals surface area (Å²) < 4.78 is 11.7. The number of aryl methyl sites for hydroxylation is 1. The first-order valence-corrected chi connectivity index (χ1v) is 10.6. The summed E-state index contributed by atoms with van der Waals surface area (Å²) >= 11 is 0. The molecule has 1 N–H and O–H groups in total. The Labute approximate surface area is 177 Å². The Balaban J connectivity index is 1.22. The van der Waals surface area contributed by atoms with Crippen molar-refractivity contribution in [2.75, 3.05) is 0 Å². The fourth-order valence-electron chi connectivity index (χ4n) is 3.58. The summed E-state index contributed by atoms with van der Waals surface area (Å²) in [6.07, 6.45) is 5.79. The summed E-state index contributed by atoms with van der Waals surface area (Å²) in [5.41, 5.74) is 2.07. The van der Waals surface area contributed by atoms with Crippen molar-refractivity contribution in [3.8, 4) is 5.75 Å². The molecule has 1 aromatic carbocycles. The van der Waals surface area contributed by atoms with Crippen molar-refractivity contribution >= 4 is 5.91 Å². The first-order valence-electron chi connectivity index (χ1n) is 10.6. The molecule has 0 bridgehead atoms. The van der Waals surface area contributed by atoms with Gasteiger partial charge < -0.3 is 14.5 Å². The molecule has 3 aromatic rings. The highest BCUT2D eigenvalue weighted by Crippen LogP contribution is 2.47. The standard InChI is InChI=1S/C25H28N2O3/c1-17-14-23(17)24-11-9-22(30-24)10-12-25(28)27-18(2)20-5-7-21(8-6-20)29-16-19-4-3-13-26-15-19/h3-9,11,13,15,17-18,23H,10,12,14,16H2,1-2H3,(H,27,28). The lowest BCUT2D eigenvalue weighted by molar-refractivity contribution is -0.121. The topological polar surface area (TPSA) is 64.4 Å². The van der Waals surface area contributed by atoms with Crippen molar-refractivity contribution in [2.45, 2.75) is 51.7 Å². The smallest absolute Gasteiger partial charge is 0.220 e. The van der Waals surface area contributed by atoms with Crippen molar-refractivity contribution in [1.82, 2.24) is 10.3 Å². The molecule has 1 amide bonds. The minimum Gasteiger partial charge on any atom is -0.489 e. The van der Waals surface area contributed by atoms with Crippen LogP contribution >= 0.6 is 0 Å². The third kappa shape index (κ3) is 5.29. The molecule has 1 aliphatic rings. The van der Waals surface area contributed by atoms with E-state index < -0.39 is 0 Å². The van der Waals surface area contributed by atoms with Crippen LogP contribution in [0.3, 0.4) is 0 Å². The number of benzene rings is 1. The van der Waals surface area contributed by atoms with Gasteiger partial charge >= 0.3 is 0 Å². The van der Waals surface area contributed by atoms with E-state index in [-0.39, 0.29) is 11.9 Å². The number of hydrogen-bond acceptors (Lipinski definition) is 4. The maximum Gasteiger partial charge on any atom is 0.220 e. The molecule has 0 aliphatic heterocycles. The lowest BCUT2D eigenvalue weighted by Gasteiger charge is -2.15.